The van der Waals surface area contributed by atoms with Gasteiger partial charge in [0.2, 0.25) is 11.8 Å². The first-order valence-electron chi connectivity index (χ1n) is 9.59. The summed E-state index contributed by atoms with van der Waals surface area (Å²) in [6.45, 7) is 4.75. The number of carbonyl (C=O) groups is 1. The quantitative estimate of drug-likeness (QED) is 0.575. The molecule has 0 saturated heterocycles. The Morgan fingerprint density at radius 3 is 2.55 bits per heavy atom. The molecule has 0 aliphatic rings. The van der Waals surface area contributed by atoms with E-state index in [1.807, 2.05) is 30.3 Å². The van der Waals surface area contributed by atoms with Crippen LogP contribution in [0.2, 0.25) is 0 Å². The highest BCUT2D eigenvalue weighted by molar-refractivity contribution is 5.93. The molecule has 0 fully saturated rings. The van der Waals surface area contributed by atoms with Gasteiger partial charge in [-0.3, -0.25) is 4.79 Å². The summed E-state index contributed by atoms with van der Waals surface area (Å²) < 4.78 is 10.5. The van der Waals surface area contributed by atoms with Crippen LogP contribution in [0, 0.1) is 5.92 Å². The second-order valence-corrected chi connectivity index (χ2v) is 7.04. The number of carbonyl (C=O) groups excluding carboxylic acids is 1. The molecule has 0 spiro atoms. The maximum Gasteiger partial charge on any atom is 0.240 e. The van der Waals surface area contributed by atoms with E-state index >= 15 is 0 Å². The number of ether oxygens (including phenoxy) is 1. The Kier molecular flexibility index (Phi) is 6.97. The SMILES string of the molecule is COc1ccccc1NC(=O)Cc1noc(CN[C@H](c2ccccc2)C(C)C)n1. The summed E-state index contributed by atoms with van der Waals surface area (Å²) in [5.41, 5.74) is 1.81. The summed E-state index contributed by atoms with van der Waals surface area (Å²) in [5.74, 6) is 1.55. The maximum absolute atomic E-state index is 12.3. The van der Waals surface area contributed by atoms with Crippen LogP contribution in [0.1, 0.15) is 37.2 Å². The molecule has 0 saturated carbocycles. The molecule has 0 bridgehead atoms. The third-order valence-electron chi connectivity index (χ3n) is 4.51. The van der Waals surface area contributed by atoms with Gasteiger partial charge in [0.15, 0.2) is 5.82 Å². The first kappa shape index (κ1) is 20.5. The van der Waals surface area contributed by atoms with Crippen LogP contribution in [-0.2, 0) is 17.8 Å². The van der Waals surface area contributed by atoms with Gasteiger partial charge in [-0.15, -0.1) is 0 Å². The first-order chi connectivity index (χ1) is 14.1. The molecular formula is C22H26N4O3. The molecule has 3 rings (SSSR count). The number of rotatable bonds is 9. The van der Waals surface area contributed by atoms with Gasteiger partial charge < -0.3 is 19.9 Å². The number of nitrogens with zero attached hydrogens (tertiary/aromatic N) is 2. The zero-order chi connectivity index (χ0) is 20.6. The Bertz CT molecular complexity index is 925. The Balaban J connectivity index is 1.57. The highest BCUT2D eigenvalue weighted by atomic mass is 16.5. The van der Waals surface area contributed by atoms with Crippen molar-refractivity contribution in [2.45, 2.75) is 32.9 Å². The number of methoxy groups -OCH3 is 1. The second kappa shape index (κ2) is 9.84. The van der Waals surface area contributed by atoms with Gasteiger partial charge >= 0.3 is 0 Å². The zero-order valence-electron chi connectivity index (χ0n) is 16.9. The Hall–Kier alpha value is -3.19. The van der Waals surface area contributed by atoms with Crippen LogP contribution in [0.3, 0.4) is 0 Å². The Morgan fingerprint density at radius 2 is 1.83 bits per heavy atom. The van der Waals surface area contributed by atoms with E-state index in [1.165, 1.54) is 5.56 Å². The van der Waals surface area contributed by atoms with Crippen LogP contribution in [-0.4, -0.2) is 23.2 Å². The molecule has 0 aliphatic carbocycles. The van der Waals surface area contributed by atoms with Crippen LogP contribution < -0.4 is 15.4 Å². The topological polar surface area (TPSA) is 89.3 Å². The number of amides is 1. The van der Waals surface area contributed by atoms with Crippen LogP contribution in [0.4, 0.5) is 5.69 Å². The van der Waals surface area contributed by atoms with Gasteiger partial charge in [0.25, 0.3) is 0 Å². The highest BCUT2D eigenvalue weighted by Crippen LogP contribution is 2.23. The van der Waals surface area contributed by atoms with Crippen molar-refractivity contribution in [1.82, 2.24) is 15.5 Å². The van der Waals surface area contributed by atoms with Crippen molar-refractivity contribution in [3.63, 3.8) is 0 Å². The molecule has 0 unspecified atom stereocenters. The summed E-state index contributed by atoms with van der Waals surface area (Å²) in [4.78, 5) is 16.6. The van der Waals surface area contributed by atoms with Crippen molar-refractivity contribution in [2.75, 3.05) is 12.4 Å². The largest absolute Gasteiger partial charge is 0.495 e. The lowest BCUT2D eigenvalue weighted by Gasteiger charge is -2.22. The molecule has 2 aromatic carbocycles. The minimum absolute atomic E-state index is 0.0217. The van der Waals surface area contributed by atoms with Crippen molar-refractivity contribution in [3.8, 4) is 5.75 Å². The standard InChI is InChI=1S/C22H26N4O3/c1-15(2)22(16-9-5-4-6-10-16)23-14-21-25-19(26-29-21)13-20(27)24-17-11-7-8-12-18(17)28-3/h4-12,15,22-23H,13-14H2,1-3H3,(H,24,27)/t22-/m0/s1. The lowest BCUT2D eigenvalue weighted by atomic mass is 9.96. The summed E-state index contributed by atoms with van der Waals surface area (Å²) in [6.07, 6.45) is 0.0217. The maximum atomic E-state index is 12.3. The van der Waals surface area contributed by atoms with E-state index in [0.717, 1.165) is 0 Å². The smallest absolute Gasteiger partial charge is 0.240 e. The number of benzene rings is 2. The van der Waals surface area contributed by atoms with Crippen molar-refractivity contribution >= 4 is 11.6 Å². The molecule has 29 heavy (non-hydrogen) atoms. The fraction of sp³-hybridized carbons (Fsp3) is 0.318. The van der Waals surface area contributed by atoms with E-state index in [4.69, 9.17) is 9.26 Å². The van der Waals surface area contributed by atoms with Gasteiger partial charge in [0.05, 0.1) is 25.8 Å². The van der Waals surface area contributed by atoms with Crippen LogP contribution in [0.5, 0.6) is 5.75 Å². The average Bonchev–Trinajstić information content (AvgIpc) is 3.16. The van der Waals surface area contributed by atoms with E-state index in [9.17, 15) is 4.79 Å². The monoisotopic (exact) mass is 394 g/mol. The molecule has 3 aromatic rings. The molecule has 1 atom stereocenters. The van der Waals surface area contributed by atoms with Gasteiger partial charge in [-0.1, -0.05) is 61.5 Å². The Labute approximate surface area is 170 Å². The molecule has 7 heteroatoms. The van der Waals surface area contributed by atoms with Crippen LogP contribution >= 0.6 is 0 Å². The molecule has 0 radical (unpaired) electrons. The fourth-order valence-electron chi connectivity index (χ4n) is 3.12. The zero-order valence-corrected chi connectivity index (χ0v) is 16.9. The van der Waals surface area contributed by atoms with E-state index in [1.54, 1.807) is 19.2 Å². The van der Waals surface area contributed by atoms with Crippen molar-refractivity contribution in [1.29, 1.82) is 0 Å². The van der Waals surface area contributed by atoms with Gasteiger partial charge in [0, 0.05) is 6.04 Å². The van der Waals surface area contributed by atoms with E-state index in [-0.39, 0.29) is 18.4 Å². The minimum Gasteiger partial charge on any atom is -0.495 e. The third-order valence-corrected chi connectivity index (χ3v) is 4.51. The first-order valence-corrected chi connectivity index (χ1v) is 9.59. The molecule has 7 nitrogen and oxygen atoms in total. The van der Waals surface area contributed by atoms with Gasteiger partial charge in [-0.25, -0.2) is 0 Å². The van der Waals surface area contributed by atoms with E-state index < -0.39 is 0 Å². The predicted octanol–water partition coefficient (Wildman–Crippen LogP) is 3.75. The fourth-order valence-corrected chi connectivity index (χ4v) is 3.12. The lowest BCUT2D eigenvalue weighted by molar-refractivity contribution is -0.115. The van der Waals surface area contributed by atoms with Crippen molar-refractivity contribution < 1.29 is 14.1 Å². The van der Waals surface area contributed by atoms with E-state index in [0.29, 0.717) is 35.6 Å². The summed E-state index contributed by atoms with van der Waals surface area (Å²) in [6, 6.07) is 17.6. The Morgan fingerprint density at radius 1 is 1.10 bits per heavy atom. The average molecular weight is 394 g/mol. The van der Waals surface area contributed by atoms with E-state index in [2.05, 4.69) is 46.8 Å². The molecule has 0 aliphatic heterocycles. The summed E-state index contributed by atoms with van der Waals surface area (Å²) in [5, 5.41) is 10.2. The van der Waals surface area contributed by atoms with Gasteiger partial charge in [-0.2, -0.15) is 4.98 Å². The van der Waals surface area contributed by atoms with Crippen molar-refractivity contribution in [3.05, 3.63) is 71.9 Å². The third kappa shape index (κ3) is 5.65. The second-order valence-electron chi connectivity index (χ2n) is 7.04. The number of anilines is 1. The summed E-state index contributed by atoms with van der Waals surface area (Å²) in [7, 11) is 1.56. The molecule has 1 heterocycles. The molecule has 1 amide bonds. The summed E-state index contributed by atoms with van der Waals surface area (Å²) >= 11 is 0. The number of nitrogens with one attached hydrogen (secondary N) is 2. The molecular weight excluding hydrogens is 368 g/mol. The number of para-hydroxylation sites is 2. The van der Waals surface area contributed by atoms with Crippen LogP contribution in [0.25, 0.3) is 0 Å². The molecule has 2 N–H and O–H groups in total. The normalized spacial score (nSPS) is 12.0. The van der Waals surface area contributed by atoms with Crippen LogP contribution in [0.15, 0.2) is 59.1 Å². The highest BCUT2D eigenvalue weighted by Gasteiger charge is 2.17. The van der Waals surface area contributed by atoms with Gasteiger partial charge in [-0.05, 0) is 23.6 Å². The van der Waals surface area contributed by atoms with Crippen molar-refractivity contribution in [2.24, 2.45) is 5.92 Å². The predicted molar refractivity (Wildman–Crippen MR) is 110 cm³/mol. The minimum atomic E-state index is -0.237. The van der Waals surface area contributed by atoms with Gasteiger partial charge in [0.1, 0.15) is 5.75 Å². The number of hydrogen-bond acceptors (Lipinski definition) is 6. The molecule has 152 valence electrons. The lowest BCUT2D eigenvalue weighted by Crippen LogP contribution is -2.25. The number of hydrogen-bond donors (Lipinski definition) is 2. The number of aromatic nitrogens is 2. The molecule has 1 aromatic heterocycles.